The van der Waals surface area contributed by atoms with Crippen LogP contribution in [0, 0.1) is 0 Å². The van der Waals surface area contributed by atoms with Crippen LogP contribution in [0.1, 0.15) is 0 Å². The third kappa shape index (κ3) is 3.15. The molecule has 0 fully saturated rings. The fraction of sp³-hybridized carbons (Fsp3) is 0. The van der Waals surface area contributed by atoms with Gasteiger partial charge >= 0.3 is 0 Å². The third-order valence-corrected chi connectivity index (χ3v) is 6.92. The quantitative estimate of drug-likeness (QED) is 0.280. The number of pyridine rings is 1. The minimum Gasteiger partial charge on any atom is -0.463 e. The molecular formula is C29H19NOS. The topological polar surface area (TPSA) is 26.0 Å². The van der Waals surface area contributed by atoms with Crippen LogP contribution >= 0.6 is 11.3 Å². The molecule has 0 unspecified atom stereocenters. The summed E-state index contributed by atoms with van der Waals surface area (Å²) in [4.78, 5) is 7.07. The van der Waals surface area contributed by atoms with Crippen molar-refractivity contribution in [3.05, 3.63) is 116 Å². The molecule has 0 bridgehead atoms. The second kappa shape index (κ2) is 7.95. The lowest BCUT2D eigenvalue weighted by molar-refractivity contribution is 0.584. The fourth-order valence-electron chi connectivity index (χ4n) is 4.26. The van der Waals surface area contributed by atoms with Gasteiger partial charge in [0.15, 0.2) is 0 Å². The van der Waals surface area contributed by atoms with Gasteiger partial charge in [-0.05, 0) is 46.2 Å². The van der Waals surface area contributed by atoms with E-state index in [1.807, 2.05) is 30.5 Å². The van der Waals surface area contributed by atoms with Crippen LogP contribution in [0.3, 0.4) is 0 Å². The van der Waals surface area contributed by atoms with Gasteiger partial charge in [0.25, 0.3) is 0 Å². The first kappa shape index (κ1) is 18.8. The molecule has 3 heteroatoms. The van der Waals surface area contributed by atoms with Gasteiger partial charge < -0.3 is 4.42 Å². The Hall–Kier alpha value is -3.95. The molecule has 6 rings (SSSR count). The first-order chi connectivity index (χ1) is 15.9. The number of benzene rings is 3. The van der Waals surface area contributed by atoms with E-state index in [2.05, 4.69) is 78.9 Å². The highest BCUT2D eigenvalue weighted by Gasteiger charge is 2.25. The molecule has 0 saturated heterocycles. The molecule has 0 N–H and O–H groups in total. The lowest BCUT2D eigenvalue weighted by atomic mass is 9.91. The van der Waals surface area contributed by atoms with Gasteiger partial charge in [-0.15, -0.1) is 11.3 Å². The molecule has 152 valence electrons. The number of hydrogen-bond donors (Lipinski definition) is 0. The summed E-state index contributed by atoms with van der Waals surface area (Å²) in [5.74, 6) is 0.860. The molecule has 0 atom stereocenters. The Morgan fingerprint density at radius 1 is 0.625 bits per heavy atom. The average Bonchev–Trinajstić information content (AvgIpc) is 3.53. The molecular weight excluding hydrogens is 410 g/mol. The second-order valence-corrected chi connectivity index (χ2v) is 8.62. The molecule has 0 aliphatic rings. The van der Waals surface area contributed by atoms with E-state index in [1.165, 1.54) is 32.3 Å². The highest BCUT2D eigenvalue weighted by atomic mass is 32.1. The summed E-state index contributed by atoms with van der Waals surface area (Å²) >= 11 is 1.76. The van der Waals surface area contributed by atoms with Gasteiger partial charge in [0.2, 0.25) is 0 Å². The molecule has 0 aliphatic heterocycles. The summed E-state index contributed by atoms with van der Waals surface area (Å²) in [5, 5.41) is 2.45. The summed E-state index contributed by atoms with van der Waals surface area (Å²) in [6, 6.07) is 35.7. The smallest absolute Gasteiger partial charge is 0.144 e. The Bertz CT molecular complexity index is 1490. The minimum absolute atomic E-state index is 0.860. The van der Waals surface area contributed by atoms with Crippen molar-refractivity contribution < 1.29 is 4.42 Å². The molecule has 0 radical (unpaired) electrons. The third-order valence-electron chi connectivity index (χ3n) is 5.67. The fourth-order valence-corrected chi connectivity index (χ4v) is 5.56. The van der Waals surface area contributed by atoms with Crippen molar-refractivity contribution in [1.29, 1.82) is 0 Å². The van der Waals surface area contributed by atoms with Gasteiger partial charge in [-0.25, -0.2) is 0 Å². The van der Waals surface area contributed by atoms with Crippen LogP contribution in [-0.4, -0.2) is 4.98 Å². The van der Waals surface area contributed by atoms with Gasteiger partial charge in [-0.3, -0.25) is 4.98 Å². The first-order valence-electron chi connectivity index (χ1n) is 10.6. The molecule has 32 heavy (non-hydrogen) atoms. The van der Waals surface area contributed by atoms with E-state index < -0.39 is 0 Å². The molecule has 3 aromatic carbocycles. The summed E-state index contributed by atoms with van der Waals surface area (Å²) in [5.41, 5.74) is 5.65. The van der Waals surface area contributed by atoms with Crippen molar-refractivity contribution in [3.63, 3.8) is 0 Å². The number of fused-ring (bicyclic) bond motifs is 1. The normalized spacial score (nSPS) is 11.1. The Kier molecular flexibility index (Phi) is 4.67. The zero-order valence-electron chi connectivity index (χ0n) is 17.2. The van der Waals surface area contributed by atoms with E-state index in [-0.39, 0.29) is 0 Å². The van der Waals surface area contributed by atoms with Gasteiger partial charge in [0.1, 0.15) is 5.76 Å². The van der Waals surface area contributed by atoms with Crippen molar-refractivity contribution in [2.24, 2.45) is 0 Å². The van der Waals surface area contributed by atoms with E-state index in [4.69, 9.17) is 9.40 Å². The number of furan rings is 1. The van der Waals surface area contributed by atoms with Gasteiger partial charge in [-0.2, -0.15) is 0 Å². The summed E-state index contributed by atoms with van der Waals surface area (Å²) in [7, 11) is 0. The SMILES string of the molecule is c1ccc(-c2sc(-c3ccco3)c(-c3ccccn3)c2-c2cccc3ccccc23)cc1. The Morgan fingerprint density at radius 3 is 2.25 bits per heavy atom. The molecule has 0 spiro atoms. The minimum atomic E-state index is 0.860. The molecule has 6 aromatic rings. The van der Waals surface area contributed by atoms with Crippen molar-refractivity contribution >= 4 is 22.1 Å². The second-order valence-electron chi connectivity index (χ2n) is 7.60. The molecule has 3 aromatic heterocycles. The Morgan fingerprint density at radius 2 is 1.44 bits per heavy atom. The maximum Gasteiger partial charge on any atom is 0.144 e. The number of hydrogen-bond acceptors (Lipinski definition) is 3. The van der Waals surface area contributed by atoms with Crippen LogP contribution in [0.4, 0.5) is 0 Å². The molecule has 2 nitrogen and oxygen atoms in total. The summed E-state index contributed by atoms with van der Waals surface area (Å²) in [6.45, 7) is 0. The van der Waals surface area contributed by atoms with Crippen LogP contribution in [0.5, 0.6) is 0 Å². The standard InChI is InChI=1S/C29H19NOS/c1-2-11-21(12-3-1)28-26(23-15-8-13-20-10-4-5-14-22(20)23)27(24-16-6-7-18-30-24)29(32-28)25-17-9-19-31-25/h1-19H. The van der Waals surface area contributed by atoms with Gasteiger partial charge in [0.05, 0.1) is 16.8 Å². The molecule has 0 amide bonds. The summed E-state index contributed by atoms with van der Waals surface area (Å²) < 4.78 is 5.89. The maximum atomic E-state index is 5.89. The van der Waals surface area contributed by atoms with Crippen LogP contribution in [0.25, 0.3) is 54.2 Å². The number of thiophene rings is 1. The van der Waals surface area contributed by atoms with Gasteiger partial charge in [0, 0.05) is 22.2 Å². The van der Waals surface area contributed by atoms with Crippen molar-refractivity contribution in [3.8, 4) is 43.5 Å². The van der Waals surface area contributed by atoms with Crippen molar-refractivity contribution in [1.82, 2.24) is 4.98 Å². The van der Waals surface area contributed by atoms with E-state index in [0.717, 1.165) is 21.9 Å². The predicted molar refractivity (Wildman–Crippen MR) is 134 cm³/mol. The number of nitrogens with zero attached hydrogens (tertiary/aromatic N) is 1. The zero-order valence-corrected chi connectivity index (χ0v) is 18.0. The highest BCUT2D eigenvalue weighted by molar-refractivity contribution is 7.20. The Labute approximate surface area is 190 Å². The lowest BCUT2D eigenvalue weighted by Gasteiger charge is -2.12. The number of rotatable bonds is 4. The Balaban J connectivity index is 1.77. The highest BCUT2D eigenvalue weighted by Crippen LogP contribution is 2.52. The van der Waals surface area contributed by atoms with E-state index >= 15 is 0 Å². The van der Waals surface area contributed by atoms with Crippen LogP contribution < -0.4 is 0 Å². The van der Waals surface area contributed by atoms with E-state index in [1.54, 1.807) is 17.6 Å². The van der Waals surface area contributed by atoms with E-state index in [9.17, 15) is 0 Å². The monoisotopic (exact) mass is 429 g/mol. The number of aromatic nitrogens is 1. The first-order valence-corrected chi connectivity index (χ1v) is 11.4. The average molecular weight is 430 g/mol. The lowest BCUT2D eigenvalue weighted by Crippen LogP contribution is -1.89. The molecule has 0 saturated carbocycles. The molecule has 0 aliphatic carbocycles. The van der Waals surface area contributed by atoms with E-state index in [0.29, 0.717) is 0 Å². The van der Waals surface area contributed by atoms with Crippen molar-refractivity contribution in [2.45, 2.75) is 0 Å². The van der Waals surface area contributed by atoms with Crippen LogP contribution in [0.2, 0.25) is 0 Å². The molecule has 3 heterocycles. The zero-order chi connectivity index (χ0) is 21.3. The summed E-state index contributed by atoms with van der Waals surface area (Å²) in [6.07, 6.45) is 3.59. The maximum absolute atomic E-state index is 5.89. The van der Waals surface area contributed by atoms with Gasteiger partial charge in [-0.1, -0.05) is 78.9 Å². The van der Waals surface area contributed by atoms with Crippen molar-refractivity contribution in [2.75, 3.05) is 0 Å². The van der Waals surface area contributed by atoms with Crippen LogP contribution in [0.15, 0.2) is 120 Å². The largest absolute Gasteiger partial charge is 0.463 e. The predicted octanol–water partition coefficient (Wildman–Crippen LogP) is 8.56. The van der Waals surface area contributed by atoms with Crippen LogP contribution in [-0.2, 0) is 0 Å².